The maximum absolute atomic E-state index is 12.5. The van der Waals surface area contributed by atoms with Gasteiger partial charge in [0.15, 0.2) is 11.5 Å². The van der Waals surface area contributed by atoms with E-state index in [1.165, 1.54) is 0 Å². The van der Waals surface area contributed by atoms with Gasteiger partial charge in [-0.3, -0.25) is 4.79 Å². The molecule has 3 aromatic rings. The highest BCUT2D eigenvalue weighted by Gasteiger charge is 2.14. The fourth-order valence-electron chi connectivity index (χ4n) is 2.90. The summed E-state index contributed by atoms with van der Waals surface area (Å²) >= 11 is 0. The van der Waals surface area contributed by atoms with Crippen molar-refractivity contribution in [3.8, 4) is 11.5 Å². The average molecular weight is 376 g/mol. The molecule has 1 aliphatic rings. The lowest BCUT2D eigenvalue weighted by molar-refractivity contribution is 0.0945. The van der Waals surface area contributed by atoms with Crippen LogP contribution in [-0.4, -0.2) is 22.7 Å². The van der Waals surface area contributed by atoms with Gasteiger partial charge in [-0.05, 0) is 36.2 Å². The number of nitrogens with zero attached hydrogens (tertiary/aromatic N) is 2. The first kappa shape index (κ1) is 17.8. The van der Waals surface area contributed by atoms with Gasteiger partial charge in [0.25, 0.3) is 5.91 Å². The fraction of sp³-hybridized carbons (Fsp3) is 0.190. The SMILES string of the molecule is CC(Nc1nccc(C(=O)NCc2ccc3c(c2)OCO3)n1)c1ccccc1. The maximum atomic E-state index is 12.5. The number of carbonyl (C=O) groups is 1. The molecule has 1 atom stereocenters. The van der Waals surface area contributed by atoms with Crippen molar-refractivity contribution >= 4 is 11.9 Å². The van der Waals surface area contributed by atoms with E-state index in [4.69, 9.17) is 9.47 Å². The molecular formula is C21H20N4O3. The quantitative estimate of drug-likeness (QED) is 0.687. The topological polar surface area (TPSA) is 85.4 Å². The number of ether oxygens (including phenoxy) is 2. The van der Waals surface area contributed by atoms with Crippen molar-refractivity contribution in [1.29, 1.82) is 0 Å². The van der Waals surface area contributed by atoms with E-state index in [2.05, 4.69) is 20.6 Å². The minimum Gasteiger partial charge on any atom is -0.454 e. The van der Waals surface area contributed by atoms with Crippen molar-refractivity contribution in [2.45, 2.75) is 19.5 Å². The Morgan fingerprint density at radius 1 is 1.11 bits per heavy atom. The number of hydrogen-bond donors (Lipinski definition) is 2. The highest BCUT2D eigenvalue weighted by Crippen LogP contribution is 2.32. The van der Waals surface area contributed by atoms with Crippen LogP contribution in [0.2, 0.25) is 0 Å². The minimum atomic E-state index is -0.268. The number of anilines is 1. The van der Waals surface area contributed by atoms with E-state index in [9.17, 15) is 4.79 Å². The summed E-state index contributed by atoms with van der Waals surface area (Å²) < 4.78 is 10.6. The monoisotopic (exact) mass is 376 g/mol. The van der Waals surface area contributed by atoms with Crippen LogP contribution in [0.1, 0.15) is 34.6 Å². The van der Waals surface area contributed by atoms with Crippen LogP contribution >= 0.6 is 0 Å². The molecular weight excluding hydrogens is 356 g/mol. The second-order valence-corrected chi connectivity index (χ2v) is 6.41. The number of amides is 1. The molecule has 28 heavy (non-hydrogen) atoms. The molecule has 0 spiro atoms. The molecule has 7 heteroatoms. The van der Waals surface area contributed by atoms with Crippen molar-refractivity contribution in [2.75, 3.05) is 12.1 Å². The maximum Gasteiger partial charge on any atom is 0.270 e. The molecule has 2 N–H and O–H groups in total. The van der Waals surface area contributed by atoms with Gasteiger partial charge >= 0.3 is 0 Å². The van der Waals surface area contributed by atoms with Crippen LogP contribution < -0.4 is 20.1 Å². The Morgan fingerprint density at radius 2 is 1.93 bits per heavy atom. The molecule has 0 radical (unpaired) electrons. The minimum absolute atomic E-state index is 0.0214. The first-order chi connectivity index (χ1) is 13.7. The first-order valence-corrected chi connectivity index (χ1v) is 9.00. The van der Waals surface area contributed by atoms with Gasteiger partial charge in [-0.1, -0.05) is 36.4 Å². The Bertz CT molecular complexity index is 978. The molecule has 1 amide bonds. The van der Waals surface area contributed by atoms with Gasteiger partial charge < -0.3 is 20.1 Å². The predicted octanol–water partition coefficient (Wildman–Crippen LogP) is 3.31. The van der Waals surface area contributed by atoms with E-state index in [-0.39, 0.29) is 18.7 Å². The Hall–Kier alpha value is -3.61. The molecule has 142 valence electrons. The number of fused-ring (bicyclic) bond motifs is 1. The number of carbonyl (C=O) groups excluding carboxylic acids is 1. The lowest BCUT2D eigenvalue weighted by Gasteiger charge is -2.14. The predicted molar refractivity (Wildman–Crippen MR) is 104 cm³/mol. The third-order valence-electron chi connectivity index (χ3n) is 4.42. The molecule has 0 bridgehead atoms. The van der Waals surface area contributed by atoms with Crippen LogP contribution in [0, 0.1) is 0 Å². The van der Waals surface area contributed by atoms with Crippen LogP contribution in [0.3, 0.4) is 0 Å². The molecule has 2 heterocycles. The summed E-state index contributed by atoms with van der Waals surface area (Å²) in [6, 6.07) is 17.2. The third-order valence-corrected chi connectivity index (χ3v) is 4.42. The molecule has 7 nitrogen and oxygen atoms in total. The summed E-state index contributed by atoms with van der Waals surface area (Å²) in [5.41, 5.74) is 2.34. The van der Waals surface area contributed by atoms with Gasteiger partial charge in [0.05, 0.1) is 6.04 Å². The molecule has 0 aliphatic carbocycles. The number of benzene rings is 2. The zero-order chi connectivity index (χ0) is 19.3. The summed E-state index contributed by atoms with van der Waals surface area (Å²) in [6.45, 7) is 2.61. The number of nitrogens with one attached hydrogen (secondary N) is 2. The van der Waals surface area contributed by atoms with E-state index < -0.39 is 0 Å². The third kappa shape index (κ3) is 4.03. The average Bonchev–Trinajstić information content (AvgIpc) is 3.20. The normalized spacial score (nSPS) is 13.0. The standard InChI is InChI=1S/C21H20N4O3/c1-14(16-5-3-2-4-6-16)24-21-22-10-9-17(25-21)20(26)23-12-15-7-8-18-19(11-15)28-13-27-18/h2-11,14H,12-13H2,1H3,(H,23,26)(H,22,24,25). The highest BCUT2D eigenvalue weighted by molar-refractivity contribution is 5.92. The highest BCUT2D eigenvalue weighted by atomic mass is 16.7. The summed E-state index contributed by atoms with van der Waals surface area (Å²) in [7, 11) is 0. The van der Waals surface area contributed by atoms with E-state index in [1.54, 1.807) is 12.3 Å². The summed E-state index contributed by atoms with van der Waals surface area (Å²) in [5, 5.41) is 6.09. The van der Waals surface area contributed by atoms with E-state index in [1.807, 2.05) is 55.5 Å². The van der Waals surface area contributed by atoms with Crippen LogP contribution in [0.15, 0.2) is 60.8 Å². The fourth-order valence-corrected chi connectivity index (χ4v) is 2.90. The van der Waals surface area contributed by atoms with Gasteiger partial charge in [-0.25, -0.2) is 9.97 Å². The first-order valence-electron chi connectivity index (χ1n) is 9.00. The second-order valence-electron chi connectivity index (χ2n) is 6.41. The van der Waals surface area contributed by atoms with Crippen LogP contribution in [-0.2, 0) is 6.54 Å². The lowest BCUT2D eigenvalue weighted by Crippen LogP contribution is -2.24. The lowest BCUT2D eigenvalue weighted by atomic mass is 10.1. The Kier molecular flexibility index (Phi) is 5.05. The zero-order valence-corrected chi connectivity index (χ0v) is 15.4. The summed E-state index contributed by atoms with van der Waals surface area (Å²) in [5.74, 6) is 1.55. The molecule has 4 rings (SSSR count). The Morgan fingerprint density at radius 3 is 2.79 bits per heavy atom. The molecule has 0 saturated heterocycles. The van der Waals surface area contributed by atoms with Crippen molar-refractivity contribution in [3.05, 3.63) is 77.6 Å². The van der Waals surface area contributed by atoms with Gasteiger partial charge in [-0.2, -0.15) is 0 Å². The summed E-state index contributed by atoms with van der Waals surface area (Å²) in [6.07, 6.45) is 1.57. The summed E-state index contributed by atoms with van der Waals surface area (Å²) in [4.78, 5) is 21.0. The zero-order valence-electron chi connectivity index (χ0n) is 15.4. The smallest absolute Gasteiger partial charge is 0.270 e. The second kappa shape index (κ2) is 7.96. The molecule has 0 saturated carbocycles. The van der Waals surface area contributed by atoms with Crippen LogP contribution in [0.5, 0.6) is 11.5 Å². The molecule has 2 aromatic carbocycles. The number of rotatable bonds is 6. The number of aromatic nitrogens is 2. The van der Waals surface area contributed by atoms with Gasteiger partial charge in [-0.15, -0.1) is 0 Å². The van der Waals surface area contributed by atoms with Gasteiger partial charge in [0, 0.05) is 12.7 Å². The van der Waals surface area contributed by atoms with E-state index in [0.29, 0.717) is 29.7 Å². The van der Waals surface area contributed by atoms with Crippen LogP contribution in [0.4, 0.5) is 5.95 Å². The van der Waals surface area contributed by atoms with E-state index >= 15 is 0 Å². The van der Waals surface area contributed by atoms with Crippen molar-refractivity contribution in [3.63, 3.8) is 0 Å². The van der Waals surface area contributed by atoms with Crippen molar-refractivity contribution in [1.82, 2.24) is 15.3 Å². The van der Waals surface area contributed by atoms with E-state index in [0.717, 1.165) is 11.1 Å². The Labute approximate surface area is 162 Å². The molecule has 1 unspecified atom stereocenters. The largest absolute Gasteiger partial charge is 0.454 e. The number of hydrogen-bond acceptors (Lipinski definition) is 6. The molecule has 0 fully saturated rings. The molecule has 1 aliphatic heterocycles. The van der Waals surface area contributed by atoms with Crippen molar-refractivity contribution in [2.24, 2.45) is 0 Å². The van der Waals surface area contributed by atoms with Crippen molar-refractivity contribution < 1.29 is 14.3 Å². The molecule has 1 aromatic heterocycles. The van der Waals surface area contributed by atoms with Gasteiger partial charge in [0.1, 0.15) is 5.69 Å². The van der Waals surface area contributed by atoms with Gasteiger partial charge in [0.2, 0.25) is 12.7 Å². The Balaban J connectivity index is 1.39. The van der Waals surface area contributed by atoms with Crippen LogP contribution in [0.25, 0.3) is 0 Å².